The first-order valence-corrected chi connectivity index (χ1v) is 9.89. The van der Waals surface area contributed by atoms with Crippen molar-refractivity contribution >= 4 is 33.9 Å². The van der Waals surface area contributed by atoms with Gasteiger partial charge < -0.3 is 4.74 Å². The van der Waals surface area contributed by atoms with Crippen molar-refractivity contribution in [1.82, 2.24) is 14.8 Å². The molecule has 0 amide bonds. The molecule has 0 aliphatic heterocycles. The van der Waals surface area contributed by atoms with Crippen molar-refractivity contribution in [2.75, 3.05) is 7.11 Å². The van der Waals surface area contributed by atoms with Crippen LogP contribution in [0.15, 0.2) is 34.4 Å². The molecule has 1 atom stereocenters. The van der Waals surface area contributed by atoms with Gasteiger partial charge in [-0.2, -0.15) is 5.10 Å². The van der Waals surface area contributed by atoms with Gasteiger partial charge in [-0.15, -0.1) is 11.3 Å². The van der Waals surface area contributed by atoms with Gasteiger partial charge in [0.15, 0.2) is 5.92 Å². The van der Waals surface area contributed by atoms with Crippen LogP contribution < -0.4 is 5.56 Å². The van der Waals surface area contributed by atoms with Gasteiger partial charge in [-0.3, -0.25) is 14.4 Å². The summed E-state index contributed by atoms with van der Waals surface area (Å²) < 4.78 is 6.17. The topological polar surface area (TPSA) is 91.2 Å². The Balaban J connectivity index is 2.19. The van der Waals surface area contributed by atoms with E-state index < -0.39 is 17.7 Å². The molecule has 0 radical (unpaired) electrons. The van der Waals surface area contributed by atoms with Crippen LogP contribution in [0.2, 0.25) is 0 Å². The monoisotopic (exact) mass is 399 g/mol. The third-order valence-electron chi connectivity index (χ3n) is 4.41. The fourth-order valence-corrected chi connectivity index (χ4v) is 3.84. The van der Waals surface area contributed by atoms with Gasteiger partial charge in [-0.25, -0.2) is 9.67 Å². The number of Topliss-reactive ketones (excluding diaryl/α,β-unsaturated/α-hetero) is 1. The lowest BCUT2D eigenvalue weighted by molar-refractivity contribution is -0.141. The van der Waals surface area contributed by atoms with Gasteiger partial charge in [-0.05, 0) is 19.4 Å². The number of ketones is 1. The fourth-order valence-electron chi connectivity index (χ4n) is 2.96. The second-order valence-corrected chi connectivity index (χ2v) is 7.31. The third-order valence-corrected chi connectivity index (χ3v) is 5.43. The molecule has 2 aromatic heterocycles. The summed E-state index contributed by atoms with van der Waals surface area (Å²) in [6.45, 7) is 4.20. The van der Waals surface area contributed by atoms with E-state index in [1.807, 2.05) is 6.92 Å². The van der Waals surface area contributed by atoms with Crippen molar-refractivity contribution in [3.63, 3.8) is 0 Å². The van der Waals surface area contributed by atoms with Crippen molar-refractivity contribution in [1.29, 1.82) is 0 Å². The van der Waals surface area contributed by atoms with E-state index in [0.717, 1.165) is 12.8 Å². The Kier molecular flexibility index (Phi) is 5.99. The summed E-state index contributed by atoms with van der Waals surface area (Å²) >= 11 is 1.22. The summed E-state index contributed by atoms with van der Waals surface area (Å²) in [5, 5.41) is 7.28. The minimum Gasteiger partial charge on any atom is -0.468 e. The highest BCUT2D eigenvalue weighted by molar-refractivity contribution is 7.10. The molecular formula is C20H21N3O4S. The molecule has 0 saturated carbocycles. The van der Waals surface area contributed by atoms with Crippen LogP contribution in [-0.2, 0) is 16.1 Å². The van der Waals surface area contributed by atoms with Crippen LogP contribution in [0.5, 0.6) is 0 Å². The minimum atomic E-state index is -1.21. The van der Waals surface area contributed by atoms with E-state index in [1.54, 1.807) is 36.6 Å². The van der Waals surface area contributed by atoms with E-state index in [4.69, 9.17) is 4.74 Å². The van der Waals surface area contributed by atoms with Gasteiger partial charge in [0, 0.05) is 23.0 Å². The van der Waals surface area contributed by atoms with Gasteiger partial charge in [-0.1, -0.05) is 31.5 Å². The molecule has 1 aromatic carbocycles. The molecule has 7 nitrogen and oxygen atoms in total. The predicted octanol–water partition coefficient (Wildman–Crippen LogP) is 3.10. The molecule has 0 fully saturated rings. The Labute approximate surface area is 166 Å². The average Bonchev–Trinajstić information content (AvgIpc) is 3.13. The molecule has 0 spiro atoms. The van der Waals surface area contributed by atoms with Crippen molar-refractivity contribution in [2.45, 2.75) is 39.2 Å². The summed E-state index contributed by atoms with van der Waals surface area (Å²) in [5.41, 5.74) is 0.544. The summed E-state index contributed by atoms with van der Waals surface area (Å²) in [6, 6.07) is 6.81. The van der Waals surface area contributed by atoms with Crippen molar-refractivity contribution < 1.29 is 14.3 Å². The molecule has 3 aromatic rings. The van der Waals surface area contributed by atoms with Crippen LogP contribution in [0.4, 0.5) is 0 Å². The molecule has 0 aliphatic rings. The Bertz CT molecular complexity index is 1090. The van der Waals surface area contributed by atoms with E-state index in [2.05, 4.69) is 10.1 Å². The predicted molar refractivity (Wildman–Crippen MR) is 107 cm³/mol. The highest BCUT2D eigenvalue weighted by atomic mass is 32.1. The van der Waals surface area contributed by atoms with Crippen molar-refractivity contribution in [2.24, 2.45) is 0 Å². The number of aromatic nitrogens is 3. The Morgan fingerprint density at radius 1 is 1.25 bits per heavy atom. The molecule has 0 aliphatic carbocycles. The Morgan fingerprint density at radius 2 is 1.96 bits per heavy atom. The maximum atomic E-state index is 13.4. The first kappa shape index (κ1) is 19.9. The maximum Gasteiger partial charge on any atom is 0.323 e. The number of thiazole rings is 1. The lowest BCUT2D eigenvalue weighted by Gasteiger charge is -2.14. The molecule has 28 heavy (non-hydrogen) atoms. The number of hydrogen-bond acceptors (Lipinski definition) is 7. The number of benzene rings is 1. The number of esters is 1. The summed E-state index contributed by atoms with van der Waals surface area (Å²) in [5.74, 6) is -2.43. The highest BCUT2D eigenvalue weighted by Crippen LogP contribution is 2.27. The zero-order chi connectivity index (χ0) is 20.3. The second-order valence-electron chi connectivity index (χ2n) is 6.42. The van der Waals surface area contributed by atoms with E-state index >= 15 is 0 Å². The van der Waals surface area contributed by atoms with Crippen LogP contribution in [0, 0.1) is 6.92 Å². The average molecular weight is 399 g/mol. The van der Waals surface area contributed by atoms with E-state index in [9.17, 15) is 14.4 Å². The van der Waals surface area contributed by atoms with E-state index in [-0.39, 0.29) is 11.3 Å². The molecule has 146 valence electrons. The number of hydrogen-bond donors (Lipinski definition) is 0. The highest BCUT2D eigenvalue weighted by Gasteiger charge is 2.35. The van der Waals surface area contributed by atoms with Crippen LogP contribution >= 0.6 is 11.3 Å². The van der Waals surface area contributed by atoms with Gasteiger partial charge in [0.25, 0.3) is 5.56 Å². The molecule has 0 bridgehead atoms. The molecule has 1 unspecified atom stereocenters. The first-order chi connectivity index (χ1) is 13.5. The lowest BCUT2D eigenvalue weighted by atomic mass is 9.98. The van der Waals surface area contributed by atoms with Crippen molar-refractivity contribution in [3.8, 4) is 0 Å². The largest absolute Gasteiger partial charge is 0.468 e. The van der Waals surface area contributed by atoms with Crippen LogP contribution in [-0.4, -0.2) is 33.6 Å². The summed E-state index contributed by atoms with van der Waals surface area (Å²) in [7, 11) is 1.23. The van der Waals surface area contributed by atoms with Crippen LogP contribution in [0.3, 0.4) is 0 Å². The van der Waals surface area contributed by atoms with E-state index in [1.165, 1.54) is 23.1 Å². The number of ether oxygens (including phenoxy) is 1. The number of carbonyl (C=O) groups is 2. The van der Waals surface area contributed by atoms with E-state index in [0.29, 0.717) is 28.0 Å². The standard InChI is InChI=1S/C20H21N3O4S/c1-4-5-10-23-19(25)14-9-7-6-8-13(14)16(22-23)17(24)15(20(26)27-3)18-21-12(2)11-28-18/h6-9,11,15H,4-5,10H2,1-3H3. The molecule has 0 N–H and O–H groups in total. The SMILES string of the molecule is CCCCn1nc(C(=O)C(C(=O)OC)c2nc(C)cs2)c2ccccc2c1=O. The molecule has 8 heteroatoms. The number of carbonyl (C=O) groups excluding carboxylic acids is 2. The lowest BCUT2D eigenvalue weighted by Crippen LogP contribution is -2.30. The molecule has 2 heterocycles. The quantitative estimate of drug-likeness (QED) is 0.344. The number of nitrogens with zero attached hydrogens (tertiary/aromatic N) is 3. The zero-order valence-electron chi connectivity index (χ0n) is 16.0. The second kappa shape index (κ2) is 8.43. The first-order valence-electron chi connectivity index (χ1n) is 9.01. The molecular weight excluding hydrogens is 378 g/mol. The third kappa shape index (κ3) is 3.73. The number of methoxy groups -OCH3 is 1. The van der Waals surface area contributed by atoms with Crippen molar-refractivity contribution in [3.05, 3.63) is 56.4 Å². The van der Waals surface area contributed by atoms with Crippen LogP contribution in [0.1, 0.15) is 46.9 Å². The van der Waals surface area contributed by atoms with Crippen LogP contribution in [0.25, 0.3) is 10.8 Å². The zero-order valence-corrected chi connectivity index (χ0v) is 16.8. The van der Waals surface area contributed by atoms with Gasteiger partial charge in [0.05, 0.1) is 12.5 Å². The summed E-state index contributed by atoms with van der Waals surface area (Å²) in [4.78, 5) is 42.8. The number of fused-ring (bicyclic) bond motifs is 1. The summed E-state index contributed by atoms with van der Waals surface area (Å²) in [6.07, 6.45) is 1.64. The normalized spacial score (nSPS) is 12.1. The Morgan fingerprint density at radius 3 is 2.57 bits per heavy atom. The minimum absolute atomic E-state index is 0.0783. The maximum absolute atomic E-state index is 13.4. The van der Waals surface area contributed by atoms with Gasteiger partial charge in [0.2, 0.25) is 5.78 Å². The molecule has 3 rings (SSSR count). The number of unbranched alkanes of at least 4 members (excludes halogenated alkanes) is 1. The van der Waals surface area contributed by atoms with Gasteiger partial charge in [0.1, 0.15) is 10.7 Å². The van der Waals surface area contributed by atoms with Gasteiger partial charge >= 0.3 is 5.97 Å². The Hall–Kier alpha value is -2.87. The fraction of sp³-hybridized carbons (Fsp3) is 0.350. The number of rotatable bonds is 7. The molecule has 0 saturated heterocycles. The smallest absolute Gasteiger partial charge is 0.323 e. The number of aryl methyl sites for hydroxylation is 2.